The average molecular weight is 225 g/mol. The van der Waals surface area contributed by atoms with Gasteiger partial charge in [-0.15, -0.1) is 5.92 Å². The molecule has 0 aliphatic carbocycles. The zero-order valence-electron chi connectivity index (χ0n) is 9.14. The molecular formula is C12H13BF3-. The molecule has 1 aromatic carbocycles. The monoisotopic (exact) mass is 225 g/mol. The van der Waals surface area contributed by atoms with Crippen molar-refractivity contribution in [1.82, 2.24) is 0 Å². The van der Waals surface area contributed by atoms with Crippen LogP contribution in [0.2, 0.25) is 0 Å². The Morgan fingerprint density at radius 1 is 1.12 bits per heavy atom. The lowest BCUT2D eigenvalue weighted by atomic mass is 9.93. The molecule has 16 heavy (non-hydrogen) atoms. The summed E-state index contributed by atoms with van der Waals surface area (Å²) in [6.07, 6.45) is 3.17. The topological polar surface area (TPSA) is 0 Å². The highest BCUT2D eigenvalue weighted by Crippen LogP contribution is 2.09. The van der Waals surface area contributed by atoms with E-state index < -0.39 is 6.98 Å². The van der Waals surface area contributed by atoms with E-state index in [9.17, 15) is 12.9 Å². The lowest BCUT2D eigenvalue weighted by Gasteiger charge is -2.03. The summed E-state index contributed by atoms with van der Waals surface area (Å²) < 4.78 is 35.6. The van der Waals surface area contributed by atoms with Crippen molar-refractivity contribution in [3.63, 3.8) is 0 Å². The van der Waals surface area contributed by atoms with Gasteiger partial charge in [0.05, 0.1) is 0 Å². The first kappa shape index (κ1) is 12.7. The van der Waals surface area contributed by atoms with E-state index >= 15 is 0 Å². The standard InChI is InChI=1S/C12H13BF3/c1-2-3-4-11-5-7-12(8-6-11)9-10-13(14,15)16/h5-8H,2-4H2,1H3/q-1. The minimum atomic E-state index is -5.01. The highest BCUT2D eigenvalue weighted by Gasteiger charge is 2.17. The normalized spacial score (nSPS) is 10.8. The van der Waals surface area contributed by atoms with Gasteiger partial charge in [0.15, 0.2) is 0 Å². The lowest BCUT2D eigenvalue weighted by Crippen LogP contribution is -2.10. The predicted octanol–water partition coefficient (Wildman–Crippen LogP) is 3.77. The molecule has 0 spiro atoms. The van der Waals surface area contributed by atoms with Gasteiger partial charge in [0.2, 0.25) is 0 Å². The molecule has 0 atom stereocenters. The van der Waals surface area contributed by atoms with Crippen LogP contribution in [-0.2, 0) is 6.42 Å². The van der Waals surface area contributed by atoms with Gasteiger partial charge in [-0.25, -0.2) is 0 Å². The second kappa shape index (κ2) is 5.65. The van der Waals surface area contributed by atoms with Gasteiger partial charge in [-0.05, 0) is 30.5 Å². The number of hydrogen-bond acceptors (Lipinski definition) is 0. The molecule has 0 N–H and O–H groups in total. The molecule has 0 bridgehead atoms. The van der Waals surface area contributed by atoms with Crippen molar-refractivity contribution < 1.29 is 12.9 Å². The summed E-state index contributed by atoms with van der Waals surface area (Å²) >= 11 is 0. The van der Waals surface area contributed by atoms with Gasteiger partial charge in [-0.3, -0.25) is 0 Å². The van der Waals surface area contributed by atoms with Crippen LogP contribution in [0.15, 0.2) is 24.3 Å². The Hall–Kier alpha value is -1.37. The molecule has 0 saturated carbocycles. The first-order valence-corrected chi connectivity index (χ1v) is 5.33. The van der Waals surface area contributed by atoms with Crippen LogP contribution in [0.5, 0.6) is 0 Å². The van der Waals surface area contributed by atoms with E-state index in [1.54, 1.807) is 12.1 Å². The molecule has 86 valence electrons. The summed E-state index contributed by atoms with van der Waals surface area (Å²) in [5.41, 5.74) is 1.56. The summed E-state index contributed by atoms with van der Waals surface area (Å²) in [7, 11) is 0. The lowest BCUT2D eigenvalue weighted by molar-refractivity contribution is 0.504. The molecule has 0 saturated heterocycles. The highest BCUT2D eigenvalue weighted by atomic mass is 19.4. The van der Waals surface area contributed by atoms with Crippen molar-refractivity contribution in [2.24, 2.45) is 0 Å². The van der Waals surface area contributed by atoms with E-state index in [0.29, 0.717) is 5.56 Å². The Morgan fingerprint density at radius 2 is 1.75 bits per heavy atom. The van der Waals surface area contributed by atoms with E-state index in [2.05, 4.69) is 12.8 Å². The van der Waals surface area contributed by atoms with E-state index in [4.69, 9.17) is 0 Å². The molecule has 0 nitrogen and oxygen atoms in total. The SMILES string of the molecule is CCCCc1ccc(C#C[B-](F)(F)F)cc1. The van der Waals surface area contributed by atoms with Crippen molar-refractivity contribution in [3.05, 3.63) is 35.4 Å². The Morgan fingerprint density at radius 3 is 2.25 bits per heavy atom. The molecule has 0 aliphatic heterocycles. The number of aryl methyl sites for hydroxylation is 1. The Bertz CT molecular complexity index is 381. The smallest absolute Gasteiger partial charge is 0.438 e. The number of halogens is 3. The first-order valence-electron chi connectivity index (χ1n) is 5.33. The number of benzene rings is 1. The van der Waals surface area contributed by atoms with E-state index in [1.807, 2.05) is 12.1 Å². The van der Waals surface area contributed by atoms with Gasteiger partial charge in [0.1, 0.15) is 0 Å². The third-order valence-electron chi connectivity index (χ3n) is 2.15. The maximum absolute atomic E-state index is 11.9. The van der Waals surface area contributed by atoms with Gasteiger partial charge in [0.25, 0.3) is 0 Å². The quantitative estimate of drug-likeness (QED) is 0.542. The van der Waals surface area contributed by atoms with Gasteiger partial charge in [-0.1, -0.05) is 25.5 Å². The van der Waals surface area contributed by atoms with E-state index in [-0.39, 0.29) is 0 Å². The summed E-state index contributed by atoms with van der Waals surface area (Å²) in [6, 6.07) is 6.95. The Labute approximate surface area is 93.9 Å². The molecule has 0 aromatic heterocycles. The predicted molar refractivity (Wildman–Crippen MR) is 61.0 cm³/mol. The largest absolute Gasteiger partial charge is 0.558 e. The third-order valence-corrected chi connectivity index (χ3v) is 2.15. The molecule has 0 unspecified atom stereocenters. The van der Waals surface area contributed by atoms with Gasteiger partial charge in [-0.2, -0.15) is 5.82 Å². The maximum atomic E-state index is 11.9. The summed E-state index contributed by atoms with van der Waals surface area (Å²) in [5, 5.41) is 0. The van der Waals surface area contributed by atoms with Crippen LogP contribution < -0.4 is 0 Å². The van der Waals surface area contributed by atoms with Gasteiger partial charge < -0.3 is 12.9 Å². The Kier molecular flexibility index (Phi) is 4.48. The third kappa shape index (κ3) is 4.93. The molecule has 0 fully saturated rings. The fourth-order valence-electron chi connectivity index (χ4n) is 1.30. The summed E-state index contributed by atoms with van der Waals surface area (Å²) in [6.45, 7) is -2.91. The molecule has 4 heteroatoms. The minimum Gasteiger partial charge on any atom is -0.438 e. The maximum Gasteiger partial charge on any atom is 0.558 e. The van der Waals surface area contributed by atoms with Crippen molar-refractivity contribution in [1.29, 1.82) is 0 Å². The summed E-state index contributed by atoms with van der Waals surface area (Å²) in [5.74, 6) is 3.43. The minimum absolute atomic E-state index is 0.416. The number of rotatable bonds is 3. The molecule has 0 aliphatic rings. The van der Waals surface area contributed by atoms with Gasteiger partial charge in [0, 0.05) is 5.56 Å². The number of hydrogen-bond donors (Lipinski definition) is 0. The van der Waals surface area contributed by atoms with E-state index in [0.717, 1.165) is 24.8 Å². The van der Waals surface area contributed by atoms with Crippen molar-refractivity contribution in [3.8, 4) is 11.7 Å². The highest BCUT2D eigenvalue weighted by molar-refractivity contribution is 6.67. The first-order chi connectivity index (χ1) is 7.51. The summed E-state index contributed by atoms with van der Waals surface area (Å²) in [4.78, 5) is 0. The zero-order valence-corrected chi connectivity index (χ0v) is 9.14. The average Bonchev–Trinajstić information content (AvgIpc) is 2.24. The second-order valence-corrected chi connectivity index (χ2v) is 3.64. The molecular weight excluding hydrogens is 212 g/mol. The van der Waals surface area contributed by atoms with Crippen LogP contribution in [0.25, 0.3) is 0 Å². The molecule has 1 rings (SSSR count). The van der Waals surface area contributed by atoms with Crippen LogP contribution in [0.4, 0.5) is 12.9 Å². The second-order valence-electron chi connectivity index (χ2n) is 3.64. The van der Waals surface area contributed by atoms with Crippen LogP contribution >= 0.6 is 0 Å². The molecule has 0 amide bonds. The molecule has 0 heterocycles. The Balaban J connectivity index is 2.67. The number of unbranched alkanes of at least 4 members (excludes halogenated alkanes) is 1. The van der Waals surface area contributed by atoms with Crippen molar-refractivity contribution in [2.45, 2.75) is 26.2 Å². The fourth-order valence-corrected chi connectivity index (χ4v) is 1.30. The molecule has 0 radical (unpaired) electrons. The van der Waals surface area contributed by atoms with Crippen molar-refractivity contribution >= 4 is 6.98 Å². The van der Waals surface area contributed by atoms with Crippen LogP contribution in [0.3, 0.4) is 0 Å². The van der Waals surface area contributed by atoms with Crippen LogP contribution in [-0.4, -0.2) is 6.98 Å². The van der Waals surface area contributed by atoms with E-state index in [1.165, 1.54) is 5.82 Å². The van der Waals surface area contributed by atoms with Crippen LogP contribution in [0, 0.1) is 11.7 Å². The zero-order chi connectivity index (χ0) is 12.0. The molecule has 1 aromatic rings. The van der Waals surface area contributed by atoms with Crippen molar-refractivity contribution in [2.75, 3.05) is 0 Å². The van der Waals surface area contributed by atoms with Gasteiger partial charge >= 0.3 is 6.98 Å². The fraction of sp³-hybridized carbons (Fsp3) is 0.333. The van der Waals surface area contributed by atoms with Crippen LogP contribution in [0.1, 0.15) is 30.9 Å².